The summed E-state index contributed by atoms with van der Waals surface area (Å²) < 4.78 is 33.6. The average Bonchev–Trinajstić information content (AvgIpc) is 2.68. The molecule has 0 amide bonds. The van der Waals surface area contributed by atoms with Crippen LogP contribution in [0, 0.1) is 17.0 Å². The zero-order valence-electron chi connectivity index (χ0n) is 16.5. The molecule has 1 aliphatic heterocycles. The number of nitro groups is 1. The van der Waals surface area contributed by atoms with E-state index in [-0.39, 0.29) is 17.1 Å². The van der Waals surface area contributed by atoms with Crippen LogP contribution in [0.4, 0.5) is 11.5 Å². The number of ether oxygens (including phenoxy) is 1. The maximum atomic E-state index is 13.2. The molecule has 10 nitrogen and oxygen atoms in total. The second kappa shape index (κ2) is 8.29. The van der Waals surface area contributed by atoms with Gasteiger partial charge in [0.05, 0.1) is 16.4 Å². The molecule has 3 rings (SSSR count). The molecule has 29 heavy (non-hydrogen) atoms. The third-order valence-electron chi connectivity index (χ3n) is 4.69. The maximum Gasteiger partial charge on any atom is 0.270 e. The van der Waals surface area contributed by atoms with Gasteiger partial charge in [0.2, 0.25) is 10.0 Å². The van der Waals surface area contributed by atoms with E-state index in [0.29, 0.717) is 36.6 Å². The molecule has 1 aromatic heterocycles. The molecule has 1 saturated heterocycles. The molecule has 0 radical (unpaired) electrons. The highest BCUT2D eigenvalue weighted by molar-refractivity contribution is 7.89. The van der Waals surface area contributed by atoms with Gasteiger partial charge in [0.1, 0.15) is 6.10 Å². The lowest BCUT2D eigenvalue weighted by Gasteiger charge is -2.32. The van der Waals surface area contributed by atoms with Crippen molar-refractivity contribution in [3.63, 3.8) is 0 Å². The Balaban J connectivity index is 1.84. The Kier molecular flexibility index (Phi) is 5.99. The van der Waals surface area contributed by atoms with E-state index in [0.717, 1.165) is 6.07 Å². The van der Waals surface area contributed by atoms with Gasteiger partial charge in [-0.25, -0.2) is 18.4 Å². The molecular formula is C18H23N5O5S. The summed E-state index contributed by atoms with van der Waals surface area (Å²) in [5, 5.41) is 11.1. The van der Waals surface area contributed by atoms with E-state index < -0.39 is 21.1 Å². The molecule has 2 heterocycles. The molecule has 0 N–H and O–H groups in total. The van der Waals surface area contributed by atoms with Crippen molar-refractivity contribution in [2.45, 2.75) is 30.8 Å². The van der Waals surface area contributed by atoms with Crippen LogP contribution in [0.1, 0.15) is 18.4 Å². The van der Waals surface area contributed by atoms with Gasteiger partial charge in [-0.05, 0) is 25.3 Å². The van der Waals surface area contributed by atoms with E-state index >= 15 is 0 Å². The number of non-ortho nitro benzene ring substituents is 1. The van der Waals surface area contributed by atoms with Gasteiger partial charge in [0.15, 0.2) is 5.82 Å². The van der Waals surface area contributed by atoms with Gasteiger partial charge >= 0.3 is 0 Å². The van der Waals surface area contributed by atoms with Crippen molar-refractivity contribution in [1.82, 2.24) is 14.3 Å². The monoisotopic (exact) mass is 421 g/mol. The summed E-state index contributed by atoms with van der Waals surface area (Å²) in [5.74, 6) is 0.898. The Morgan fingerprint density at radius 2 is 2.00 bits per heavy atom. The van der Waals surface area contributed by atoms with Crippen LogP contribution in [0.15, 0.2) is 35.5 Å². The highest BCUT2D eigenvalue weighted by Crippen LogP contribution is 2.29. The molecule has 0 saturated carbocycles. The van der Waals surface area contributed by atoms with E-state index in [1.54, 1.807) is 18.0 Å². The van der Waals surface area contributed by atoms with Gasteiger partial charge in [-0.15, -0.1) is 0 Å². The third-order valence-corrected chi connectivity index (χ3v) is 6.70. The van der Waals surface area contributed by atoms with E-state index in [2.05, 4.69) is 9.97 Å². The van der Waals surface area contributed by atoms with E-state index in [1.807, 2.05) is 14.1 Å². The first-order valence-corrected chi connectivity index (χ1v) is 10.5. The Bertz CT molecular complexity index is 1010. The smallest absolute Gasteiger partial charge is 0.270 e. The van der Waals surface area contributed by atoms with Crippen LogP contribution in [-0.4, -0.2) is 60.9 Å². The number of aryl methyl sites for hydroxylation is 1. The molecule has 0 bridgehead atoms. The summed E-state index contributed by atoms with van der Waals surface area (Å²) in [6.45, 7) is 2.08. The molecule has 0 spiro atoms. The van der Waals surface area contributed by atoms with Gasteiger partial charge < -0.3 is 9.64 Å². The van der Waals surface area contributed by atoms with Crippen molar-refractivity contribution in [3.8, 4) is 5.88 Å². The van der Waals surface area contributed by atoms with Crippen molar-refractivity contribution >= 4 is 21.5 Å². The van der Waals surface area contributed by atoms with Gasteiger partial charge in [0.25, 0.3) is 11.6 Å². The van der Waals surface area contributed by atoms with E-state index in [4.69, 9.17) is 4.74 Å². The highest BCUT2D eigenvalue weighted by Gasteiger charge is 2.33. The maximum absolute atomic E-state index is 13.2. The predicted molar refractivity (Wildman–Crippen MR) is 107 cm³/mol. The number of sulfonamides is 1. The van der Waals surface area contributed by atoms with E-state index in [9.17, 15) is 18.5 Å². The minimum atomic E-state index is -3.90. The molecule has 1 fully saturated rings. The fourth-order valence-electron chi connectivity index (χ4n) is 3.20. The number of aromatic nitrogens is 2. The minimum absolute atomic E-state index is 0.0548. The predicted octanol–water partition coefficient (Wildman–Crippen LogP) is 1.99. The topological polar surface area (TPSA) is 119 Å². The summed E-state index contributed by atoms with van der Waals surface area (Å²) in [4.78, 5) is 20.6. The standard InChI is InChI=1S/C18H23N5O5S/c1-13-6-7-14(23(24)25)11-16(13)29(26,27)22-10-4-5-15(12-22)28-18-17(21(2)3)19-8-9-20-18/h6-9,11,15H,4-5,10,12H2,1-3H3. The first-order valence-electron chi connectivity index (χ1n) is 9.10. The molecule has 0 aliphatic carbocycles. The number of benzene rings is 1. The van der Waals surface area contributed by atoms with Crippen molar-refractivity contribution < 1.29 is 18.1 Å². The number of rotatable bonds is 6. The number of nitrogens with zero attached hydrogens (tertiary/aromatic N) is 5. The first kappa shape index (κ1) is 20.9. The lowest BCUT2D eigenvalue weighted by Crippen LogP contribution is -2.44. The number of nitro benzene ring substituents is 1. The van der Waals surface area contributed by atoms with Crippen molar-refractivity contribution in [2.75, 3.05) is 32.1 Å². The summed E-state index contributed by atoms with van der Waals surface area (Å²) in [6.07, 6.45) is 3.96. The molecule has 1 atom stereocenters. The van der Waals surface area contributed by atoms with Crippen molar-refractivity contribution in [3.05, 3.63) is 46.3 Å². The number of hydrogen-bond acceptors (Lipinski definition) is 8. The first-order chi connectivity index (χ1) is 13.7. The molecule has 2 aromatic rings. The van der Waals surface area contributed by atoms with Crippen molar-refractivity contribution in [1.29, 1.82) is 0 Å². The summed E-state index contributed by atoms with van der Waals surface area (Å²) in [5.41, 5.74) is 0.205. The number of hydrogen-bond donors (Lipinski definition) is 0. The fraction of sp³-hybridized carbons (Fsp3) is 0.444. The van der Waals surface area contributed by atoms with Crippen molar-refractivity contribution in [2.24, 2.45) is 0 Å². The highest BCUT2D eigenvalue weighted by atomic mass is 32.2. The second-order valence-corrected chi connectivity index (χ2v) is 8.94. The summed E-state index contributed by atoms with van der Waals surface area (Å²) in [6, 6.07) is 3.86. The summed E-state index contributed by atoms with van der Waals surface area (Å²) >= 11 is 0. The van der Waals surface area contributed by atoms with Crippen LogP contribution in [0.25, 0.3) is 0 Å². The zero-order valence-corrected chi connectivity index (χ0v) is 17.3. The lowest BCUT2D eigenvalue weighted by atomic mass is 10.1. The largest absolute Gasteiger partial charge is 0.470 e. The van der Waals surface area contributed by atoms with Gasteiger partial charge in [-0.1, -0.05) is 6.07 Å². The SMILES string of the molecule is Cc1ccc([N+](=O)[O-])cc1S(=O)(=O)N1CCCC(Oc2nccnc2N(C)C)C1. The van der Waals surface area contributed by atoms with Gasteiger partial charge in [-0.2, -0.15) is 4.31 Å². The fourth-order valence-corrected chi connectivity index (χ4v) is 4.96. The third kappa shape index (κ3) is 4.46. The lowest BCUT2D eigenvalue weighted by molar-refractivity contribution is -0.385. The molecule has 1 unspecified atom stereocenters. The van der Waals surface area contributed by atoms with Crippen LogP contribution in [0.3, 0.4) is 0 Å². The second-order valence-electron chi connectivity index (χ2n) is 7.03. The van der Waals surface area contributed by atoms with Crippen LogP contribution in [-0.2, 0) is 10.0 Å². The number of anilines is 1. The van der Waals surface area contributed by atoms with Crippen LogP contribution in [0.2, 0.25) is 0 Å². The minimum Gasteiger partial charge on any atom is -0.470 e. The van der Waals surface area contributed by atoms with Crippen LogP contribution in [0.5, 0.6) is 5.88 Å². The quantitative estimate of drug-likeness (QED) is 0.513. The molecular weight excluding hydrogens is 398 g/mol. The van der Waals surface area contributed by atoms with E-state index in [1.165, 1.54) is 22.6 Å². The normalized spacial score (nSPS) is 17.7. The van der Waals surface area contributed by atoms with Crippen LogP contribution >= 0.6 is 0 Å². The zero-order chi connectivity index (χ0) is 21.2. The Labute approximate surface area is 169 Å². The number of piperidine rings is 1. The molecule has 1 aromatic carbocycles. The van der Waals surface area contributed by atoms with Gasteiger partial charge in [-0.3, -0.25) is 10.1 Å². The molecule has 156 valence electrons. The Hall–Kier alpha value is -2.79. The van der Waals surface area contributed by atoms with Crippen LogP contribution < -0.4 is 9.64 Å². The summed E-state index contributed by atoms with van der Waals surface area (Å²) in [7, 11) is -0.260. The van der Waals surface area contributed by atoms with Gasteiger partial charge in [0, 0.05) is 45.2 Å². The molecule has 1 aliphatic rings. The molecule has 11 heteroatoms. The average molecular weight is 421 g/mol. The Morgan fingerprint density at radius 3 is 2.69 bits per heavy atom. The Morgan fingerprint density at radius 1 is 1.28 bits per heavy atom.